The maximum absolute atomic E-state index is 13.6. The van der Waals surface area contributed by atoms with Crippen LogP contribution in [-0.4, -0.2) is 118 Å². The lowest BCUT2D eigenvalue weighted by atomic mass is 10.0. The van der Waals surface area contributed by atoms with Gasteiger partial charge in [-0.1, -0.05) is 27.7 Å². The van der Waals surface area contributed by atoms with E-state index in [4.69, 9.17) is 28.0 Å². The number of carboxylic acid groups (broad SMARTS) is 2. The number of carbonyl (C=O) groups is 10. The minimum Gasteiger partial charge on any atom is -0.481 e. The summed E-state index contributed by atoms with van der Waals surface area (Å²) in [6.07, 6.45) is -1.95. The van der Waals surface area contributed by atoms with E-state index in [1.165, 1.54) is 6.92 Å². The zero-order chi connectivity index (χ0) is 42.6. The first-order valence-corrected chi connectivity index (χ1v) is 17.8. The molecule has 7 atom stereocenters. The molecule has 8 amide bonds. The third-order valence-corrected chi connectivity index (χ3v) is 8.03. The Kier molecular flexibility index (Phi) is 22.4. The van der Waals surface area contributed by atoms with Gasteiger partial charge in [-0.3, -0.25) is 43.2 Å². The molecule has 0 heterocycles. The van der Waals surface area contributed by atoms with Gasteiger partial charge in [0.25, 0.3) is 0 Å². The summed E-state index contributed by atoms with van der Waals surface area (Å²) in [7, 11) is 0. The van der Waals surface area contributed by atoms with Crippen LogP contribution in [0.3, 0.4) is 0 Å². The second-order valence-electron chi connectivity index (χ2n) is 13.8. The smallest absolute Gasteiger partial charge is 0.326 e. The van der Waals surface area contributed by atoms with E-state index < -0.39 is 127 Å². The van der Waals surface area contributed by atoms with Gasteiger partial charge in [0.2, 0.25) is 47.3 Å². The first-order valence-electron chi connectivity index (χ1n) is 17.8. The molecule has 22 nitrogen and oxygen atoms in total. The zero-order valence-corrected chi connectivity index (χ0v) is 31.8. The molecule has 312 valence electrons. The standard InChI is InChI=1S/C33H58N10O12/c1-15(2)12-20(29(50)43-21(13-23(35)44)30(51)40-19(33(54)55)9-10-25(46)47)41-31(52)22(14-24(36)45)42-28(49)18(8-6-7-11-34)39-27(48)17(5)38-32(53)26(37)16(3)4/h15-22,26H,6-14,34,37H2,1-5H3,(H2,35,44)(H2,36,45)(H,38,53)(H,39,48)(H,40,51)(H,41,52)(H,42,49)(H,43,50)(H,46,47)(H,54,55)/t17-,18-,19-,20-,21-,22-,26-/m0/s1. The van der Waals surface area contributed by atoms with Gasteiger partial charge >= 0.3 is 11.9 Å². The Labute approximate surface area is 318 Å². The van der Waals surface area contributed by atoms with E-state index in [1.807, 2.05) is 0 Å². The Hall–Kier alpha value is -5.38. The predicted molar refractivity (Wildman–Crippen MR) is 195 cm³/mol. The minimum absolute atomic E-state index is 0.0343. The first-order chi connectivity index (χ1) is 25.5. The average Bonchev–Trinajstić information content (AvgIpc) is 3.06. The van der Waals surface area contributed by atoms with Gasteiger partial charge in [-0.2, -0.15) is 0 Å². The van der Waals surface area contributed by atoms with Gasteiger partial charge in [-0.05, 0) is 57.4 Å². The largest absolute Gasteiger partial charge is 0.481 e. The van der Waals surface area contributed by atoms with Gasteiger partial charge in [0.1, 0.15) is 36.3 Å². The second kappa shape index (κ2) is 24.8. The number of nitrogens with two attached hydrogens (primary N) is 4. The zero-order valence-electron chi connectivity index (χ0n) is 31.8. The van der Waals surface area contributed by atoms with Crippen molar-refractivity contribution in [3.8, 4) is 0 Å². The van der Waals surface area contributed by atoms with Crippen LogP contribution in [0.4, 0.5) is 0 Å². The molecule has 0 bridgehead atoms. The summed E-state index contributed by atoms with van der Waals surface area (Å²) >= 11 is 0. The summed E-state index contributed by atoms with van der Waals surface area (Å²) in [6, 6.07) is -9.91. The topological polar surface area (TPSA) is 387 Å². The minimum atomic E-state index is -1.75. The number of aliphatic carboxylic acids is 2. The van der Waals surface area contributed by atoms with Gasteiger partial charge in [0, 0.05) is 6.42 Å². The number of hydrogen-bond donors (Lipinski definition) is 12. The lowest BCUT2D eigenvalue weighted by Crippen LogP contribution is -2.60. The summed E-state index contributed by atoms with van der Waals surface area (Å²) in [5.41, 5.74) is 22.0. The van der Waals surface area contributed by atoms with Gasteiger partial charge in [-0.25, -0.2) is 4.79 Å². The van der Waals surface area contributed by atoms with Crippen molar-refractivity contribution < 1.29 is 58.2 Å². The van der Waals surface area contributed by atoms with Crippen LogP contribution in [0.5, 0.6) is 0 Å². The molecule has 55 heavy (non-hydrogen) atoms. The summed E-state index contributed by atoms with van der Waals surface area (Å²) in [5, 5.41) is 32.4. The Bertz CT molecular complexity index is 1390. The average molecular weight is 787 g/mol. The molecule has 16 N–H and O–H groups in total. The highest BCUT2D eigenvalue weighted by atomic mass is 16.4. The fourth-order valence-corrected chi connectivity index (χ4v) is 4.87. The van der Waals surface area contributed by atoms with Crippen LogP contribution in [0.15, 0.2) is 0 Å². The van der Waals surface area contributed by atoms with Crippen molar-refractivity contribution in [2.45, 2.75) is 128 Å². The monoisotopic (exact) mass is 786 g/mol. The van der Waals surface area contributed by atoms with E-state index in [1.54, 1.807) is 27.7 Å². The van der Waals surface area contributed by atoms with E-state index >= 15 is 0 Å². The molecule has 0 rings (SSSR count). The predicted octanol–water partition coefficient (Wildman–Crippen LogP) is -4.23. The number of unbranched alkanes of at least 4 members (excludes halogenated alkanes) is 1. The molecule has 0 aromatic carbocycles. The third kappa shape index (κ3) is 20.0. The van der Waals surface area contributed by atoms with E-state index in [2.05, 4.69) is 31.9 Å². The molecule has 22 heteroatoms. The van der Waals surface area contributed by atoms with E-state index in [-0.39, 0.29) is 31.2 Å². The fourth-order valence-electron chi connectivity index (χ4n) is 4.87. The molecule has 0 aromatic heterocycles. The van der Waals surface area contributed by atoms with Crippen molar-refractivity contribution in [3.05, 3.63) is 0 Å². The van der Waals surface area contributed by atoms with Crippen molar-refractivity contribution in [1.29, 1.82) is 0 Å². The molecule has 0 spiro atoms. The Morgan fingerprint density at radius 3 is 1.40 bits per heavy atom. The van der Waals surface area contributed by atoms with Crippen LogP contribution in [0.2, 0.25) is 0 Å². The summed E-state index contributed by atoms with van der Waals surface area (Å²) in [5.74, 6) is -11.1. The van der Waals surface area contributed by atoms with Crippen molar-refractivity contribution in [1.82, 2.24) is 31.9 Å². The summed E-state index contributed by atoms with van der Waals surface area (Å²) in [6.45, 7) is 8.43. The molecular formula is C33H58N10O12. The third-order valence-electron chi connectivity index (χ3n) is 8.03. The highest BCUT2D eigenvalue weighted by molar-refractivity contribution is 5.99. The molecule has 0 radical (unpaired) electrons. The number of primary amides is 2. The highest BCUT2D eigenvalue weighted by Gasteiger charge is 2.34. The maximum atomic E-state index is 13.6. The van der Waals surface area contributed by atoms with Crippen LogP contribution in [0.25, 0.3) is 0 Å². The molecular weight excluding hydrogens is 728 g/mol. The van der Waals surface area contributed by atoms with Crippen molar-refractivity contribution in [3.63, 3.8) is 0 Å². The number of hydrogen-bond acceptors (Lipinski definition) is 12. The van der Waals surface area contributed by atoms with Crippen LogP contribution in [0.1, 0.15) is 86.0 Å². The Morgan fingerprint density at radius 1 is 0.545 bits per heavy atom. The summed E-state index contributed by atoms with van der Waals surface area (Å²) in [4.78, 5) is 125. The van der Waals surface area contributed by atoms with Crippen LogP contribution in [-0.2, 0) is 47.9 Å². The second-order valence-corrected chi connectivity index (χ2v) is 13.8. The molecule has 0 aliphatic rings. The Morgan fingerprint density at radius 2 is 0.982 bits per heavy atom. The molecule has 0 unspecified atom stereocenters. The van der Waals surface area contributed by atoms with Crippen LogP contribution < -0.4 is 54.8 Å². The molecule has 0 aliphatic carbocycles. The van der Waals surface area contributed by atoms with Crippen molar-refractivity contribution >= 4 is 59.2 Å². The van der Waals surface area contributed by atoms with Gasteiger partial charge in [-0.15, -0.1) is 0 Å². The van der Waals surface area contributed by atoms with E-state index in [0.29, 0.717) is 12.8 Å². The van der Waals surface area contributed by atoms with Crippen LogP contribution in [0, 0.1) is 11.8 Å². The lowest BCUT2D eigenvalue weighted by molar-refractivity contribution is -0.143. The molecule has 0 aromatic rings. The lowest BCUT2D eigenvalue weighted by Gasteiger charge is -2.27. The van der Waals surface area contributed by atoms with E-state index in [9.17, 15) is 53.1 Å². The van der Waals surface area contributed by atoms with Gasteiger partial charge in [0.15, 0.2) is 0 Å². The normalized spacial score (nSPS) is 14.9. The number of nitrogens with one attached hydrogen (secondary N) is 6. The van der Waals surface area contributed by atoms with Gasteiger partial charge < -0.3 is 65.0 Å². The van der Waals surface area contributed by atoms with Crippen molar-refractivity contribution in [2.75, 3.05) is 6.54 Å². The SMILES string of the molecule is CC(C)C[C@H](NC(=O)[C@H](CC(N)=O)NC(=O)[C@H](CCCCN)NC(=O)[C@H](C)NC(=O)[C@@H](N)C(C)C)C(=O)N[C@@H](CC(N)=O)C(=O)N[C@@H](CCC(=O)O)C(=O)O. The van der Waals surface area contributed by atoms with Gasteiger partial charge in [0.05, 0.1) is 18.9 Å². The number of amides is 8. The number of carbonyl (C=O) groups excluding carboxylic acids is 8. The molecule has 0 fully saturated rings. The number of rotatable bonds is 27. The first kappa shape index (κ1) is 49.6. The summed E-state index contributed by atoms with van der Waals surface area (Å²) < 4.78 is 0. The van der Waals surface area contributed by atoms with Crippen molar-refractivity contribution in [2.24, 2.45) is 34.8 Å². The Balaban J connectivity index is 6.23. The van der Waals surface area contributed by atoms with E-state index in [0.717, 1.165) is 0 Å². The molecule has 0 saturated carbocycles. The molecule has 0 aliphatic heterocycles. The number of carboxylic acids is 2. The highest BCUT2D eigenvalue weighted by Crippen LogP contribution is 2.09. The molecule has 0 saturated heterocycles. The maximum Gasteiger partial charge on any atom is 0.326 e. The quantitative estimate of drug-likeness (QED) is 0.0351. The van der Waals surface area contributed by atoms with Crippen LogP contribution >= 0.6 is 0 Å². The fraction of sp³-hybridized carbons (Fsp3) is 0.697.